The van der Waals surface area contributed by atoms with E-state index < -0.39 is 0 Å². The Balaban J connectivity index is 0.000000148. The van der Waals surface area contributed by atoms with E-state index in [0.717, 1.165) is 6.42 Å². The Morgan fingerprint density at radius 2 is 1.05 bits per heavy atom. The van der Waals surface area contributed by atoms with Crippen LogP contribution in [0.1, 0.15) is 23.1 Å². The summed E-state index contributed by atoms with van der Waals surface area (Å²) in [6.07, 6.45) is 8.58. The summed E-state index contributed by atoms with van der Waals surface area (Å²) >= 11 is 1.46. The second-order valence-corrected chi connectivity index (χ2v) is 11.4. The molecule has 0 nitrogen and oxygen atoms in total. The SMILES string of the molecule is Cl.Cl.[C-]1=C(c2ccc3ccccc3c2)C=CC1.[Zr+2]=[C](c1ccccc1)c1ccccc1.c1ccc2c(c1)[cH-]c1ccccc12. The molecule has 0 radical (unpaired) electrons. The Morgan fingerprint density at radius 1 is 0.545 bits per heavy atom. The maximum absolute atomic E-state index is 3.34. The molecule has 44 heavy (non-hydrogen) atoms. The molecule has 0 saturated heterocycles. The van der Waals surface area contributed by atoms with Gasteiger partial charge < -0.3 is 0 Å². The minimum atomic E-state index is 0. The third-order valence-corrected chi connectivity index (χ3v) is 8.82. The number of halogens is 2. The topological polar surface area (TPSA) is 0 Å². The van der Waals surface area contributed by atoms with E-state index in [0.29, 0.717) is 0 Å². The Bertz CT molecular complexity index is 1930. The van der Waals surface area contributed by atoms with Crippen molar-refractivity contribution in [2.75, 3.05) is 0 Å². The van der Waals surface area contributed by atoms with Crippen LogP contribution in [0.15, 0.2) is 170 Å². The van der Waals surface area contributed by atoms with Crippen molar-refractivity contribution in [1.82, 2.24) is 0 Å². The smallest absolute Gasteiger partial charge is 0.0771 e. The van der Waals surface area contributed by atoms with Crippen LogP contribution in [-0.2, 0) is 24.2 Å². The summed E-state index contributed by atoms with van der Waals surface area (Å²) in [5.74, 6) is 0. The summed E-state index contributed by atoms with van der Waals surface area (Å²) in [6, 6.07) is 55.4. The summed E-state index contributed by atoms with van der Waals surface area (Å²) in [4.78, 5) is 0. The van der Waals surface area contributed by atoms with Crippen LogP contribution in [0, 0.1) is 6.08 Å². The monoisotopic (exact) mass is 684 g/mol. The first kappa shape index (κ1) is 33.2. The summed E-state index contributed by atoms with van der Waals surface area (Å²) in [7, 11) is 0. The van der Waals surface area contributed by atoms with E-state index in [-0.39, 0.29) is 24.8 Å². The van der Waals surface area contributed by atoms with Gasteiger partial charge in [0.05, 0.1) is 0 Å². The molecule has 0 spiro atoms. The molecule has 0 fully saturated rings. The first-order chi connectivity index (χ1) is 20.8. The summed E-state index contributed by atoms with van der Waals surface area (Å²) in [6.45, 7) is 0. The van der Waals surface area contributed by atoms with Gasteiger partial charge in [-0.1, -0.05) is 73.2 Å². The van der Waals surface area contributed by atoms with E-state index >= 15 is 0 Å². The summed E-state index contributed by atoms with van der Waals surface area (Å²) in [5.41, 5.74) is 5.15. The fourth-order valence-electron chi connectivity index (χ4n) is 5.24. The quantitative estimate of drug-likeness (QED) is 0.162. The predicted octanol–water partition coefficient (Wildman–Crippen LogP) is 11.3. The van der Waals surface area contributed by atoms with Crippen LogP contribution < -0.4 is 0 Å². The van der Waals surface area contributed by atoms with Gasteiger partial charge >= 0.3 is 99.2 Å². The zero-order chi connectivity index (χ0) is 28.6. The molecular formula is C41H32Cl2Zr. The van der Waals surface area contributed by atoms with E-state index in [2.05, 4.69) is 176 Å². The normalized spacial score (nSPS) is 11.4. The van der Waals surface area contributed by atoms with Gasteiger partial charge in [-0.05, 0) is 10.8 Å². The van der Waals surface area contributed by atoms with Gasteiger partial charge in [-0.3, -0.25) is 0 Å². The molecular weight excluding hydrogens is 655 g/mol. The zero-order valence-electron chi connectivity index (χ0n) is 24.2. The van der Waals surface area contributed by atoms with E-state index in [9.17, 15) is 0 Å². The first-order valence-electron chi connectivity index (χ1n) is 14.3. The second kappa shape index (κ2) is 16.4. The molecule has 0 amide bonds. The third kappa shape index (κ3) is 8.05. The molecule has 3 heteroatoms. The van der Waals surface area contributed by atoms with Gasteiger partial charge in [0.2, 0.25) is 0 Å². The number of benzene rings is 6. The summed E-state index contributed by atoms with van der Waals surface area (Å²) < 4.78 is 1.42. The van der Waals surface area contributed by atoms with Crippen molar-refractivity contribution in [3.63, 3.8) is 0 Å². The molecule has 7 aromatic rings. The molecule has 0 aliphatic heterocycles. The van der Waals surface area contributed by atoms with Crippen LogP contribution in [0.3, 0.4) is 0 Å². The third-order valence-electron chi connectivity index (χ3n) is 7.40. The Hall–Kier alpha value is -3.74. The van der Waals surface area contributed by atoms with Gasteiger partial charge in [-0.2, -0.15) is 17.7 Å². The van der Waals surface area contributed by atoms with E-state index in [1.165, 1.54) is 82.0 Å². The van der Waals surface area contributed by atoms with Crippen LogP contribution >= 0.6 is 24.8 Å². The van der Waals surface area contributed by atoms with Crippen LogP contribution in [0.2, 0.25) is 0 Å². The van der Waals surface area contributed by atoms with Gasteiger partial charge in [-0.25, -0.2) is 0 Å². The van der Waals surface area contributed by atoms with Crippen molar-refractivity contribution < 1.29 is 24.2 Å². The van der Waals surface area contributed by atoms with Gasteiger partial charge in [-0.15, -0.1) is 88.3 Å². The van der Waals surface area contributed by atoms with Crippen LogP contribution in [-0.4, -0.2) is 3.21 Å². The van der Waals surface area contributed by atoms with Crippen LogP contribution in [0.25, 0.3) is 37.9 Å². The Morgan fingerprint density at radius 3 is 1.59 bits per heavy atom. The van der Waals surface area contributed by atoms with E-state index in [1.807, 2.05) is 0 Å². The average Bonchev–Trinajstić information content (AvgIpc) is 3.75. The summed E-state index contributed by atoms with van der Waals surface area (Å²) in [5, 5.41) is 7.98. The Kier molecular flexibility index (Phi) is 12.3. The molecule has 8 rings (SSSR count). The van der Waals surface area contributed by atoms with E-state index in [4.69, 9.17) is 0 Å². The molecule has 0 heterocycles. The number of hydrogen-bond acceptors (Lipinski definition) is 0. The predicted molar refractivity (Wildman–Crippen MR) is 192 cm³/mol. The molecule has 0 aromatic heterocycles. The molecule has 7 aromatic carbocycles. The molecule has 214 valence electrons. The van der Waals surface area contributed by atoms with Crippen LogP contribution in [0.4, 0.5) is 0 Å². The zero-order valence-corrected chi connectivity index (χ0v) is 28.3. The van der Waals surface area contributed by atoms with Crippen LogP contribution in [0.5, 0.6) is 0 Å². The van der Waals surface area contributed by atoms with Crippen molar-refractivity contribution in [2.24, 2.45) is 0 Å². The fraction of sp³-hybridized carbons (Fsp3) is 0.0244. The first-order valence-corrected chi connectivity index (χ1v) is 15.5. The fourth-order valence-corrected chi connectivity index (χ4v) is 6.06. The van der Waals surface area contributed by atoms with Crippen molar-refractivity contribution in [3.8, 4) is 0 Å². The average molecular weight is 687 g/mol. The van der Waals surface area contributed by atoms with Gasteiger partial charge in [0.15, 0.2) is 0 Å². The minimum absolute atomic E-state index is 0. The maximum Gasteiger partial charge on any atom is -0.0771 e. The maximum atomic E-state index is 3.34. The molecule has 0 saturated carbocycles. The second-order valence-electron chi connectivity index (χ2n) is 10.2. The number of rotatable bonds is 3. The molecule has 1 aliphatic carbocycles. The van der Waals surface area contributed by atoms with Crippen molar-refractivity contribution in [3.05, 3.63) is 193 Å². The number of fused-ring (bicyclic) bond motifs is 4. The minimum Gasteiger partial charge on any atom is -0.126 e. The molecule has 1 aliphatic rings. The van der Waals surface area contributed by atoms with Gasteiger partial charge in [0.1, 0.15) is 0 Å². The standard InChI is InChI=1S/C15H11.C13H9.C13H10.2ClH.Zr/c1-2-6-12(5-1)15-10-9-13-7-3-4-8-14(13)11-15;1-3-7-12-10(5-1)9-11-6-2-4-8-13(11)12;1-3-7-12(8-4-1)11-13-9-5-2-6-10-13;;;/h1,3-5,7-11H,2H2;1-9H;1-10H;2*1H;/q2*-1;;;;+2. The largest absolute Gasteiger partial charge is 0.126 e. The molecule has 0 atom stereocenters. The van der Waals surface area contributed by atoms with Gasteiger partial charge in [0.25, 0.3) is 0 Å². The van der Waals surface area contributed by atoms with Gasteiger partial charge in [0, 0.05) is 0 Å². The van der Waals surface area contributed by atoms with E-state index in [1.54, 1.807) is 0 Å². The van der Waals surface area contributed by atoms with Crippen molar-refractivity contribution in [2.45, 2.75) is 6.42 Å². The molecule has 0 bridgehead atoms. The molecule has 0 N–H and O–H groups in total. The van der Waals surface area contributed by atoms with Crippen molar-refractivity contribution in [1.29, 1.82) is 0 Å². The van der Waals surface area contributed by atoms with Crippen molar-refractivity contribution >= 4 is 65.9 Å². The Labute approximate surface area is 287 Å². The number of hydrogen-bond donors (Lipinski definition) is 0. The number of allylic oxidation sites excluding steroid dienone is 4. The molecule has 0 unspecified atom stereocenters.